The van der Waals surface area contributed by atoms with Crippen LogP contribution in [-0.4, -0.2) is 23.7 Å². The molecule has 0 saturated carbocycles. The second-order valence-electron chi connectivity index (χ2n) is 3.99. The molecule has 0 fully saturated rings. The number of amides is 1. The first kappa shape index (κ1) is 12.5. The summed E-state index contributed by atoms with van der Waals surface area (Å²) in [6.45, 7) is 3.71. The molecule has 16 heavy (non-hydrogen) atoms. The number of hydrogen-bond donors (Lipinski definition) is 3. The second-order valence-corrected chi connectivity index (χ2v) is 3.99. The summed E-state index contributed by atoms with van der Waals surface area (Å²) in [5, 5.41) is 11.7. The Morgan fingerprint density at radius 3 is 2.75 bits per heavy atom. The molecule has 0 aliphatic rings. The summed E-state index contributed by atoms with van der Waals surface area (Å²) in [5.74, 6) is -0.367. The molecule has 0 aliphatic carbocycles. The number of aliphatic hydroxyl groups excluding tert-OH is 1. The van der Waals surface area contributed by atoms with Crippen molar-refractivity contribution in [3.63, 3.8) is 0 Å². The van der Waals surface area contributed by atoms with Crippen LogP contribution >= 0.6 is 0 Å². The van der Waals surface area contributed by atoms with Crippen molar-refractivity contribution in [2.45, 2.75) is 25.9 Å². The van der Waals surface area contributed by atoms with Crippen LogP contribution < -0.4 is 11.1 Å². The molecule has 0 saturated heterocycles. The van der Waals surface area contributed by atoms with Gasteiger partial charge in [-0.3, -0.25) is 4.79 Å². The summed E-state index contributed by atoms with van der Waals surface area (Å²) < 4.78 is 0. The van der Waals surface area contributed by atoms with Gasteiger partial charge < -0.3 is 16.2 Å². The quantitative estimate of drug-likeness (QED) is 0.662. The summed E-state index contributed by atoms with van der Waals surface area (Å²) in [5.41, 5.74) is 7.17. The molecule has 0 aromatic heterocycles. The number of nitrogen functional groups attached to an aromatic ring is 1. The van der Waals surface area contributed by atoms with E-state index in [1.807, 2.05) is 19.1 Å². The largest absolute Gasteiger partial charge is 0.399 e. The van der Waals surface area contributed by atoms with Crippen molar-refractivity contribution in [2.24, 2.45) is 0 Å². The van der Waals surface area contributed by atoms with Gasteiger partial charge in [0.2, 0.25) is 5.91 Å². The zero-order valence-corrected chi connectivity index (χ0v) is 9.60. The smallest absolute Gasteiger partial charge is 0.227 e. The first-order chi connectivity index (χ1) is 7.50. The van der Waals surface area contributed by atoms with Gasteiger partial charge in [0.05, 0.1) is 12.0 Å². The van der Waals surface area contributed by atoms with Crippen LogP contribution in [0.3, 0.4) is 0 Å². The van der Waals surface area contributed by atoms with Crippen molar-refractivity contribution in [2.75, 3.05) is 12.3 Å². The molecule has 1 rings (SSSR count). The number of aliphatic hydroxyl groups is 1. The number of nitrogens with one attached hydrogen (secondary N) is 1. The van der Waals surface area contributed by atoms with E-state index in [0.717, 1.165) is 5.56 Å². The average molecular weight is 222 g/mol. The van der Waals surface area contributed by atoms with Crippen LogP contribution in [0.1, 0.15) is 25.3 Å². The maximum Gasteiger partial charge on any atom is 0.227 e. The molecule has 0 radical (unpaired) electrons. The summed E-state index contributed by atoms with van der Waals surface area (Å²) in [4.78, 5) is 11.7. The third-order valence-electron chi connectivity index (χ3n) is 2.38. The van der Waals surface area contributed by atoms with Crippen LogP contribution in [0.5, 0.6) is 0 Å². The number of hydrogen-bond acceptors (Lipinski definition) is 3. The zero-order valence-electron chi connectivity index (χ0n) is 9.60. The third kappa shape index (κ3) is 3.55. The lowest BCUT2D eigenvalue weighted by Gasteiger charge is -2.13. The number of carbonyl (C=O) groups excluding carboxylic acids is 1. The maximum atomic E-state index is 11.7. The average Bonchev–Trinajstić information content (AvgIpc) is 2.24. The minimum atomic E-state index is -0.531. The number of benzene rings is 1. The molecule has 4 heteroatoms. The predicted molar refractivity (Wildman–Crippen MR) is 64.0 cm³/mol. The standard InChI is InChI=1S/C12H18N2O2/c1-8(15)7-14-12(16)9(2)10-4-3-5-11(13)6-10/h3-6,8-9,15H,7,13H2,1-2H3,(H,14,16). The van der Waals surface area contributed by atoms with E-state index in [2.05, 4.69) is 5.32 Å². The summed E-state index contributed by atoms with van der Waals surface area (Å²) >= 11 is 0. The van der Waals surface area contributed by atoms with E-state index in [9.17, 15) is 4.79 Å². The number of carbonyl (C=O) groups is 1. The number of rotatable bonds is 4. The Labute approximate surface area is 95.5 Å². The Kier molecular flexibility index (Phi) is 4.31. The highest BCUT2D eigenvalue weighted by atomic mass is 16.3. The lowest BCUT2D eigenvalue weighted by Crippen LogP contribution is -2.33. The van der Waals surface area contributed by atoms with Gasteiger partial charge in [0.1, 0.15) is 0 Å². The van der Waals surface area contributed by atoms with E-state index in [1.54, 1.807) is 19.1 Å². The van der Waals surface area contributed by atoms with Gasteiger partial charge in [-0.25, -0.2) is 0 Å². The molecular weight excluding hydrogens is 204 g/mol. The highest BCUT2D eigenvalue weighted by Gasteiger charge is 2.15. The maximum absolute atomic E-state index is 11.7. The van der Waals surface area contributed by atoms with Crippen LogP contribution in [0.4, 0.5) is 5.69 Å². The Morgan fingerprint density at radius 2 is 2.19 bits per heavy atom. The molecule has 0 aliphatic heterocycles. The van der Waals surface area contributed by atoms with Gasteiger partial charge in [0, 0.05) is 12.2 Å². The molecule has 4 nitrogen and oxygen atoms in total. The first-order valence-electron chi connectivity index (χ1n) is 5.32. The Morgan fingerprint density at radius 1 is 1.50 bits per heavy atom. The van der Waals surface area contributed by atoms with Gasteiger partial charge >= 0.3 is 0 Å². The van der Waals surface area contributed by atoms with Crippen LogP contribution in [0.15, 0.2) is 24.3 Å². The molecule has 4 N–H and O–H groups in total. The molecule has 0 bridgehead atoms. The Balaban J connectivity index is 2.63. The van der Waals surface area contributed by atoms with Crippen molar-refractivity contribution in [3.8, 4) is 0 Å². The fraction of sp³-hybridized carbons (Fsp3) is 0.417. The van der Waals surface area contributed by atoms with Crippen molar-refractivity contribution < 1.29 is 9.90 Å². The van der Waals surface area contributed by atoms with Crippen molar-refractivity contribution in [1.82, 2.24) is 5.32 Å². The highest BCUT2D eigenvalue weighted by molar-refractivity contribution is 5.83. The predicted octanol–water partition coefficient (Wildman–Crippen LogP) is 0.869. The summed E-state index contributed by atoms with van der Waals surface area (Å²) in [6.07, 6.45) is -0.531. The minimum Gasteiger partial charge on any atom is -0.399 e. The molecular formula is C12H18N2O2. The van der Waals surface area contributed by atoms with E-state index in [1.165, 1.54) is 0 Å². The first-order valence-corrected chi connectivity index (χ1v) is 5.32. The van der Waals surface area contributed by atoms with E-state index in [0.29, 0.717) is 5.69 Å². The van der Waals surface area contributed by atoms with Gasteiger partial charge in [0.15, 0.2) is 0 Å². The molecule has 2 atom stereocenters. The highest BCUT2D eigenvalue weighted by Crippen LogP contribution is 2.17. The monoisotopic (exact) mass is 222 g/mol. The molecule has 1 amide bonds. The van der Waals surface area contributed by atoms with Gasteiger partial charge in [-0.05, 0) is 31.5 Å². The van der Waals surface area contributed by atoms with Gasteiger partial charge in [-0.15, -0.1) is 0 Å². The SMILES string of the molecule is CC(O)CNC(=O)C(C)c1cccc(N)c1. The third-order valence-corrected chi connectivity index (χ3v) is 2.38. The van der Waals surface area contributed by atoms with Crippen LogP contribution in [-0.2, 0) is 4.79 Å². The summed E-state index contributed by atoms with van der Waals surface area (Å²) in [6, 6.07) is 7.25. The molecule has 0 spiro atoms. The minimum absolute atomic E-state index is 0.105. The Bertz CT molecular complexity index is 364. The van der Waals surface area contributed by atoms with E-state index >= 15 is 0 Å². The van der Waals surface area contributed by atoms with E-state index in [4.69, 9.17) is 10.8 Å². The second kappa shape index (κ2) is 5.51. The van der Waals surface area contributed by atoms with Crippen molar-refractivity contribution >= 4 is 11.6 Å². The lowest BCUT2D eigenvalue weighted by atomic mass is 10.00. The van der Waals surface area contributed by atoms with Gasteiger partial charge in [-0.2, -0.15) is 0 Å². The fourth-order valence-electron chi connectivity index (χ4n) is 1.38. The van der Waals surface area contributed by atoms with E-state index in [-0.39, 0.29) is 18.4 Å². The van der Waals surface area contributed by atoms with E-state index < -0.39 is 6.10 Å². The normalized spacial score (nSPS) is 14.2. The van der Waals surface area contributed by atoms with Crippen molar-refractivity contribution in [3.05, 3.63) is 29.8 Å². The topological polar surface area (TPSA) is 75.3 Å². The number of anilines is 1. The summed E-state index contributed by atoms with van der Waals surface area (Å²) in [7, 11) is 0. The molecule has 2 unspecified atom stereocenters. The van der Waals surface area contributed by atoms with Crippen LogP contribution in [0, 0.1) is 0 Å². The molecule has 1 aromatic rings. The lowest BCUT2D eigenvalue weighted by molar-refractivity contribution is -0.122. The van der Waals surface area contributed by atoms with Crippen LogP contribution in [0.25, 0.3) is 0 Å². The molecule has 1 aromatic carbocycles. The van der Waals surface area contributed by atoms with Gasteiger partial charge in [0.25, 0.3) is 0 Å². The zero-order chi connectivity index (χ0) is 12.1. The Hall–Kier alpha value is -1.55. The van der Waals surface area contributed by atoms with Gasteiger partial charge in [-0.1, -0.05) is 12.1 Å². The molecule has 0 heterocycles. The van der Waals surface area contributed by atoms with Crippen molar-refractivity contribution in [1.29, 1.82) is 0 Å². The number of nitrogens with two attached hydrogens (primary N) is 1. The molecule has 88 valence electrons. The van der Waals surface area contributed by atoms with Crippen LogP contribution in [0.2, 0.25) is 0 Å². The fourth-order valence-corrected chi connectivity index (χ4v) is 1.38.